The summed E-state index contributed by atoms with van der Waals surface area (Å²) in [6, 6.07) is 10.9. The largest absolute Gasteiger partial charge is 0.455 e. The highest BCUT2D eigenvalue weighted by Gasteiger charge is 2.44. The third kappa shape index (κ3) is 6.15. The standard InChI is InChI=1S/C27H27F3N4O6/c1-26(2,40-23(36)13-32-12-17(35)11-31)22-14-34(25(38)39-22)16-8-7-15-9-21(33-24(37)19(15)10-16)18-5-3-4-6-20(18)27(28,29)30/h3-10,22,32H,11-14,31H2,1-2H3,(H,33,37)/t22-/m0/s1. The molecule has 3 aromatic rings. The lowest BCUT2D eigenvalue weighted by atomic mass is 10.0. The fraction of sp³-hybridized carbons (Fsp3) is 0.333. The van der Waals surface area contributed by atoms with Gasteiger partial charge in [0, 0.05) is 22.3 Å². The van der Waals surface area contributed by atoms with Gasteiger partial charge in [-0.1, -0.05) is 24.3 Å². The highest BCUT2D eigenvalue weighted by atomic mass is 19.4. The summed E-state index contributed by atoms with van der Waals surface area (Å²) in [6.07, 6.45) is -6.20. The summed E-state index contributed by atoms with van der Waals surface area (Å²) in [5, 5.41) is 3.16. The van der Waals surface area contributed by atoms with E-state index in [1.165, 1.54) is 41.3 Å². The minimum Gasteiger partial charge on any atom is -0.455 e. The van der Waals surface area contributed by atoms with Crippen LogP contribution in [-0.4, -0.2) is 60.7 Å². The Labute approximate surface area is 226 Å². The fourth-order valence-electron chi connectivity index (χ4n) is 4.33. The molecular weight excluding hydrogens is 533 g/mol. The van der Waals surface area contributed by atoms with E-state index in [9.17, 15) is 32.3 Å². The maximum atomic E-state index is 13.5. The quantitative estimate of drug-likeness (QED) is 0.339. The number of H-pyrrole nitrogens is 1. The number of benzene rings is 2. The van der Waals surface area contributed by atoms with Gasteiger partial charge in [0.05, 0.1) is 31.7 Å². The number of Topliss-reactive ketones (excluding diaryl/α,β-unsaturated/α-hetero) is 1. The lowest BCUT2D eigenvalue weighted by Gasteiger charge is -2.29. The lowest BCUT2D eigenvalue weighted by molar-refractivity contribution is -0.164. The summed E-state index contributed by atoms with van der Waals surface area (Å²) in [5.41, 5.74) is 2.64. The second kappa shape index (κ2) is 11.1. The molecule has 1 aliphatic rings. The molecule has 1 aromatic heterocycles. The first-order chi connectivity index (χ1) is 18.8. The van der Waals surface area contributed by atoms with E-state index in [0.29, 0.717) is 11.1 Å². The van der Waals surface area contributed by atoms with Crippen LogP contribution in [0.4, 0.5) is 23.7 Å². The summed E-state index contributed by atoms with van der Waals surface area (Å²) in [6.45, 7) is 2.65. The molecule has 40 heavy (non-hydrogen) atoms. The van der Waals surface area contributed by atoms with Gasteiger partial charge in [-0.3, -0.25) is 19.3 Å². The van der Waals surface area contributed by atoms with Crippen LogP contribution < -0.4 is 21.5 Å². The zero-order valence-electron chi connectivity index (χ0n) is 21.6. The zero-order valence-corrected chi connectivity index (χ0v) is 21.6. The number of fused-ring (bicyclic) bond motifs is 1. The topological polar surface area (TPSA) is 144 Å². The average Bonchev–Trinajstić information content (AvgIpc) is 3.30. The molecule has 13 heteroatoms. The Morgan fingerprint density at radius 1 is 1.12 bits per heavy atom. The van der Waals surface area contributed by atoms with Gasteiger partial charge < -0.3 is 25.5 Å². The molecule has 1 fully saturated rings. The molecule has 4 rings (SSSR count). The Bertz CT molecular complexity index is 1520. The predicted octanol–water partition coefficient (Wildman–Crippen LogP) is 2.98. The van der Waals surface area contributed by atoms with Crippen LogP contribution in [0.2, 0.25) is 0 Å². The average molecular weight is 561 g/mol. The molecule has 2 heterocycles. The molecule has 4 N–H and O–H groups in total. The van der Waals surface area contributed by atoms with Gasteiger partial charge in [-0.05, 0) is 43.5 Å². The van der Waals surface area contributed by atoms with E-state index in [2.05, 4.69) is 10.3 Å². The lowest BCUT2D eigenvalue weighted by Crippen LogP contribution is -2.45. The normalized spacial score (nSPS) is 15.8. The number of ether oxygens (including phenoxy) is 2. The number of anilines is 1. The summed E-state index contributed by atoms with van der Waals surface area (Å²) in [7, 11) is 0. The summed E-state index contributed by atoms with van der Waals surface area (Å²) in [4.78, 5) is 52.9. The molecule has 1 saturated heterocycles. The first-order valence-electron chi connectivity index (χ1n) is 12.3. The number of hydrogen-bond donors (Lipinski definition) is 3. The molecule has 0 saturated carbocycles. The Morgan fingerprint density at radius 3 is 2.55 bits per heavy atom. The number of halogens is 3. The van der Waals surface area contributed by atoms with Crippen LogP contribution in [-0.2, 0) is 25.2 Å². The Morgan fingerprint density at radius 2 is 1.85 bits per heavy atom. The van der Waals surface area contributed by atoms with Crippen molar-refractivity contribution in [1.82, 2.24) is 10.3 Å². The fourth-order valence-corrected chi connectivity index (χ4v) is 4.33. The molecule has 10 nitrogen and oxygen atoms in total. The molecule has 0 radical (unpaired) electrons. The van der Waals surface area contributed by atoms with Crippen molar-refractivity contribution in [2.45, 2.75) is 31.7 Å². The molecule has 1 amide bonds. The van der Waals surface area contributed by atoms with E-state index in [4.69, 9.17) is 15.2 Å². The van der Waals surface area contributed by atoms with Gasteiger partial charge in [0.2, 0.25) is 0 Å². The molecule has 0 bridgehead atoms. The number of cyclic esters (lactones) is 1. The van der Waals surface area contributed by atoms with E-state index < -0.39 is 41.1 Å². The molecule has 0 aliphatic carbocycles. The highest BCUT2D eigenvalue weighted by molar-refractivity contribution is 5.95. The van der Waals surface area contributed by atoms with Crippen LogP contribution in [0.15, 0.2) is 53.3 Å². The van der Waals surface area contributed by atoms with Crippen molar-refractivity contribution in [3.8, 4) is 11.3 Å². The second-order valence-corrected chi connectivity index (χ2v) is 9.73. The van der Waals surface area contributed by atoms with Gasteiger partial charge in [0.15, 0.2) is 11.9 Å². The number of carbonyl (C=O) groups excluding carboxylic acids is 3. The van der Waals surface area contributed by atoms with Crippen LogP contribution in [0.1, 0.15) is 19.4 Å². The van der Waals surface area contributed by atoms with Gasteiger partial charge >= 0.3 is 18.2 Å². The number of hydrogen-bond acceptors (Lipinski definition) is 8. The van der Waals surface area contributed by atoms with Crippen molar-refractivity contribution in [2.24, 2.45) is 5.73 Å². The van der Waals surface area contributed by atoms with Gasteiger partial charge in [-0.15, -0.1) is 0 Å². The minimum absolute atomic E-state index is 0.00133. The van der Waals surface area contributed by atoms with Crippen LogP contribution in [0.5, 0.6) is 0 Å². The number of nitrogens with one attached hydrogen (secondary N) is 2. The number of nitrogens with zero attached hydrogens (tertiary/aromatic N) is 1. The van der Waals surface area contributed by atoms with Crippen molar-refractivity contribution in [2.75, 3.05) is 31.1 Å². The Kier molecular flexibility index (Phi) is 7.98. The first kappa shape index (κ1) is 28.8. The molecule has 1 atom stereocenters. The van der Waals surface area contributed by atoms with E-state index in [0.717, 1.165) is 6.07 Å². The number of amides is 1. The van der Waals surface area contributed by atoms with Crippen molar-refractivity contribution < 1.29 is 37.0 Å². The van der Waals surface area contributed by atoms with E-state index in [1.807, 2.05) is 0 Å². The van der Waals surface area contributed by atoms with Crippen LogP contribution in [0.3, 0.4) is 0 Å². The van der Waals surface area contributed by atoms with Crippen molar-refractivity contribution in [3.05, 3.63) is 64.4 Å². The molecular formula is C27H27F3N4O6. The number of alkyl halides is 3. The molecule has 0 unspecified atom stereocenters. The maximum absolute atomic E-state index is 13.5. The van der Waals surface area contributed by atoms with Crippen LogP contribution in [0, 0.1) is 0 Å². The summed E-state index contributed by atoms with van der Waals surface area (Å²) >= 11 is 0. The number of pyridine rings is 1. The van der Waals surface area contributed by atoms with Gasteiger partial charge in [0.25, 0.3) is 5.56 Å². The van der Waals surface area contributed by atoms with Gasteiger partial charge in [-0.2, -0.15) is 13.2 Å². The van der Waals surface area contributed by atoms with Crippen molar-refractivity contribution in [3.63, 3.8) is 0 Å². The monoisotopic (exact) mass is 560 g/mol. The SMILES string of the molecule is CC(C)(OC(=O)CNCC(=O)CN)[C@@H]1CN(c2ccc3cc(-c4ccccc4C(F)(F)F)[nH]c(=O)c3c2)C(=O)O1. The molecule has 2 aromatic carbocycles. The number of ketones is 1. The third-order valence-corrected chi connectivity index (χ3v) is 6.45. The number of nitrogens with two attached hydrogens (primary N) is 1. The first-order valence-corrected chi connectivity index (χ1v) is 12.3. The second-order valence-electron chi connectivity index (χ2n) is 9.73. The van der Waals surface area contributed by atoms with Crippen LogP contribution >= 0.6 is 0 Å². The van der Waals surface area contributed by atoms with E-state index in [-0.39, 0.29) is 48.6 Å². The molecule has 0 spiro atoms. The van der Waals surface area contributed by atoms with Crippen molar-refractivity contribution >= 4 is 34.3 Å². The van der Waals surface area contributed by atoms with E-state index in [1.54, 1.807) is 19.9 Å². The van der Waals surface area contributed by atoms with E-state index >= 15 is 0 Å². The number of rotatable bonds is 9. The van der Waals surface area contributed by atoms with Gasteiger partial charge in [-0.25, -0.2) is 4.79 Å². The maximum Gasteiger partial charge on any atom is 0.417 e. The molecule has 212 valence electrons. The van der Waals surface area contributed by atoms with Crippen molar-refractivity contribution in [1.29, 1.82) is 0 Å². The van der Waals surface area contributed by atoms with Crippen LogP contribution in [0.25, 0.3) is 22.0 Å². The number of aromatic nitrogens is 1. The Hall–Kier alpha value is -4.23. The number of aromatic amines is 1. The smallest absolute Gasteiger partial charge is 0.417 e. The third-order valence-electron chi connectivity index (χ3n) is 6.45. The zero-order chi connectivity index (χ0) is 29.2. The van der Waals surface area contributed by atoms with Gasteiger partial charge in [0.1, 0.15) is 5.60 Å². The highest BCUT2D eigenvalue weighted by Crippen LogP contribution is 2.37. The number of carbonyl (C=O) groups is 3. The predicted molar refractivity (Wildman–Crippen MR) is 140 cm³/mol. The summed E-state index contributed by atoms with van der Waals surface area (Å²) in [5.74, 6) is -0.937. The summed E-state index contributed by atoms with van der Waals surface area (Å²) < 4.78 is 51.4. The molecule has 1 aliphatic heterocycles. The minimum atomic E-state index is -4.61. The Balaban J connectivity index is 1.53. The number of esters is 1.